The van der Waals surface area contributed by atoms with E-state index in [9.17, 15) is 4.79 Å². The van der Waals surface area contributed by atoms with E-state index in [1.807, 2.05) is 0 Å². The minimum Gasteiger partial charge on any atom is -0.435 e. The van der Waals surface area contributed by atoms with Gasteiger partial charge in [0.25, 0.3) is 0 Å². The minimum atomic E-state index is -0.853. The summed E-state index contributed by atoms with van der Waals surface area (Å²) in [6, 6.07) is 1.78. The average molecular weight is 169 g/mol. The number of hydrogen-bond donors (Lipinski definition) is 0. The Morgan fingerprint density at radius 1 is 1.75 bits per heavy atom. The van der Waals surface area contributed by atoms with E-state index in [-0.39, 0.29) is 6.61 Å². The van der Waals surface area contributed by atoms with Crippen molar-refractivity contribution in [1.29, 1.82) is 5.26 Å². The second-order valence-electron chi connectivity index (χ2n) is 1.88. The summed E-state index contributed by atoms with van der Waals surface area (Å²) < 4.78 is 9.05. The summed E-state index contributed by atoms with van der Waals surface area (Å²) in [5.41, 5.74) is 0. The van der Waals surface area contributed by atoms with E-state index in [0.29, 0.717) is 0 Å². The lowest BCUT2D eigenvalue weighted by Gasteiger charge is -2.05. The summed E-state index contributed by atoms with van der Waals surface area (Å²) in [4.78, 5) is 10.7. The maximum Gasteiger partial charge on any atom is 0.509 e. The smallest absolute Gasteiger partial charge is 0.435 e. The predicted octanol–water partition coefficient (Wildman–Crippen LogP) is 1.63. The Kier molecular flexibility index (Phi) is 5.45. The van der Waals surface area contributed by atoms with Crippen LogP contribution in [0.4, 0.5) is 4.79 Å². The van der Waals surface area contributed by atoms with Crippen LogP contribution in [0.1, 0.15) is 13.8 Å². The fourth-order valence-corrected chi connectivity index (χ4v) is 0.539. The van der Waals surface area contributed by atoms with Crippen molar-refractivity contribution in [2.24, 2.45) is 0 Å². The molecule has 4 heteroatoms. The third-order valence-corrected chi connectivity index (χ3v) is 0.980. The highest BCUT2D eigenvalue weighted by atomic mass is 16.7. The summed E-state index contributed by atoms with van der Waals surface area (Å²) in [5, 5.41) is 8.44. The van der Waals surface area contributed by atoms with E-state index in [1.54, 1.807) is 26.0 Å². The van der Waals surface area contributed by atoms with Crippen molar-refractivity contribution in [2.75, 3.05) is 6.61 Å². The fourth-order valence-electron chi connectivity index (χ4n) is 0.539. The number of nitrogens with zero attached hydrogens (tertiary/aromatic N) is 1. The molecule has 0 aromatic rings. The topological polar surface area (TPSA) is 59.3 Å². The molecule has 0 saturated carbocycles. The van der Waals surface area contributed by atoms with Gasteiger partial charge in [-0.05, 0) is 19.9 Å². The van der Waals surface area contributed by atoms with E-state index in [4.69, 9.17) is 5.26 Å². The second kappa shape index (κ2) is 6.23. The van der Waals surface area contributed by atoms with Crippen LogP contribution >= 0.6 is 0 Å². The van der Waals surface area contributed by atoms with Crippen LogP contribution < -0.4 is 0 Å². The molecule has 0 aliphatic carbocycles. The first kappa shape index (κ1) is 10.5. The van der Waals surface area contributed by atoms with Gasteiger partial charge in [0.05, 0.1) is 6.61 Å². The molecule has 12 heavy (non-hydrogen) atoms. The molecule has 0 spiro atoms. The minimum absolute atomic E-state index is 0.243. The molecule has 1 unspecified atom stereocenters. The third-order valence-electron chi connectivity index (χ3n) is 0.980. The predicted molar refractivity (Wildman–Crippen MR) is 42.3 cm³/mol. The van der Waals surface area contributed by atoms with Gasteiger partial charge < -0.3 is 9.47 Å². The number of nitriles is 1. The highest BCUT2D eigenvalue weighted by Gasteiger charge is 2.09. The van der Waals surface area contributed by atoms with Gasteiger partial charge in [0, 0.05) is 0 Å². The van der Waals surface area contributed by atoms with Crippen molar-refractivity contribution in [3.05, 3.63) is 12.2 Å². The monoisotopic (exact) mass is 169 g/mol. The molecule has 0 aromatic carbocycles. The maximum absolute atomic E-state index is 10.7. The van der Waals surface area contributed by atoms with Gasteiger partial charge in [0.15, 0.2) is 0 Å². The maximum atomic E-state index is 10.7. The van der Waals surface area contributed by atoms with Crippen molar-refractivity contribution in [3.8, 4) is 6.07 Å². The van der Waals surface area contributed by atoms with Crippen LogP contribution in [0.3, 0.4) is 0 Å². The van der Waals surface area contributed by atoms with Crippen LogP contribution in [0.5, 0.6) is 0 Å². The Balaban J connectivity index is 3.87. The largest absolute Gasteiger partial charge is 0.509 e. The average Bonchev–Trinajstić information content (AvgIpc) is 2.04. The number of allylic oxidation sites excluding steroid dienone is 1. The highest BCUT2D eigenvalue weighted by molar-refractivity contribution is 5.60. The second-order valence-corrected chi connectivity index (χ2v) is 1.88. The highest BCUT2D eigenvalue weighted by Crippen LogP contribution is 1.95. The van der Waals surface area contributed by atoms with E-state index >= 15 is 0 Å². The van der Waals surface area contributed by atoms with Gasteiger partial charge in [-0.2, -0.15) is 5.26 Å². The van der Waals surface area contributed by atoms with Crippen molar-refractivity contribution in [2.45, 2.75) is 20.0 Å². The molecule has 0 bridgehead atoms. The molecule has 0 amide bonds. The summed E-state index contributed by atoms with van der Waals surface area (Å²) in [7, 11) is 0. The molecule has 0 aliphatic heterocycles. The Hall–Kier alpha value is -1.50. The molecule has 0 aromatic heterocycles. The summed E-state index contributed by atoms with van der Waals surface area (Å²) >= 11 is 0. The Morgan fingerprint density at radius 2 is 2.42 bits per heavy atom. The summed E-state index contributed by atoms with van der Waals surface area (Å²) in [6.45, 7) is 3.64. The number of carbonyl (C=O) groups excluding carboxylic acids is 1. The van der Waals surface area contributed by atoms with Gasteiger partial charge in [-0.25, -0.2) is 4.79 Å². The zero-order valence-corrected chi connectivity index (χ0v) is 7.11. The van der Waals surface area contributed by atoms with E-state index < -0.39 is 12.3 Å². The van der Waals surface area contributed by atoms with Crippen LogP contribution in [0.25, 0.3) is 0 Å². The zero-order valence-electron chi connectivity index (χ0n) is 7.11. The molecule has 0 rings (SSSR count). The molecule has 0 aliphatic rings. The normalized spacial score (nSPS) is 12.1. The Bertz CT molecular complexity index is 205. The quantitative estimate of drug-likeness (QED) is 0.476. The first-order valence-electron chi connectivity index (χ1n) is 3.60. The van der Waals surface area contributed by atoms with Crippen LogP contribution in [0.15, 0.2) is 12.2 Å². The van der Waals surface area contributed by atoms with Gasteiger partial charge >= 0.3 is 6.16 Å². The summed E-state index contributed by atoms with van der Waals surface area (Å²) in [6.07, 6.45) is 1.43. The van der Waals surface area contributed by atoms with Gasteiger partial charge in [0.1, 0.15) is 6.07 Å². The molecule has 0 radical (unpaired) electrons. The van der Waals surface area contributed by atoms with Gasteiger partial charge in [0.2, 0.25) is 6.10 Å². The zero-order chi connectivity index (χ0) is 9.40. The van der Waals surface area contributed by atoms with Crippen molar-refractivity contribution < 1.29 is 14.3 Å². The molecule has 0 N–H and O–H groups in total. The van der Waals surface area contributed by atoms with Crippen molar-refractivity contribution in [1.82, 2.24) is 0 Å². The van der Waals surface area contributed by atoms with Gasteiger partial charge in [-0.1, -0.05) is 6.08 Å². The van der Waals surface area contributed by atoms with Crippen molar-refractivity contribution >= 4 is 6.16 Å². The first-order valence-corrected chi connectivity index (χ1v) is 3.60. The van der Waals surface area contributed by atoms with Crippen LogP contribution in [0, 0.1) is 11.3 Å². The number of ether oxygens (including phenoxy) is 2. The number of hydrogen-bond acceptors (Lipinski definition) is 4. The van der Waals surface area contributed by atoms with E-state index in [2.05, 4.69) is 9.47 Å². The standard InChI is InChI=1S/C8H11NO3/c1-3-5-7(6-9)12-8(10)11-4-2/h3,5,7H,4H2,1-2H3/b5-3+. The van der Waals surface area contributed by atoms with Gasteiger partial charge in [-0.3, -0.25) is 0 Å². The van der Waals surface area contributed by atoms with E-state index in [0.717, 1.165) is 0 Å². The number of carbonyl (C=O) groups is 1. The SMILES string of the molecule is C/C=C/C(C#N)OC(=O)OCC. The molecule has 66 valence electrons. The molecule has 1 atom stereocenters. The molecule has 0 saturated heterocycles. The van der Waals surface area contributed by atoms with Crippen molar-refractivity contribution in [3.63, 3.8) is 0 Å². The van der Waals surface area contributed by atoms with Gasteiger partial charge in [-0.15, -0.1) is 0 Å². The molecule has 4 nitrogen and oxygen atoms in total. The van der Waals surface area contributed by atoms with Crippen LogP contribution in [0.2, 0.25) is 0 Å². The lowest BCUT2D eigenvalue weighted by Crippen LogP contribution is -2.15. The Labute approximate surface area is 71.4 Å². The lowest BCUT2D eigenvalue weighted by molar-refractivity contribution is 0.0535. The fraction of sp³-hybridized carbons (Fsp3) is 0.500. The van der Waals surface area contributed by atoms with E-state index in [1.165, 1.54) is 6.08 Å². The first-order chi connectivity index (χ1) is 5.74. The molecular formula is C8H11NO3. The third kappa shape index (κ3) is 4.34. The van der Waals surface area contributed by atoms with Crippen LogP contribution in [-0.4, -0.2) is 18.9 Å². The summed E-state index contributed by atoms with van der Waals surface area (Å²) in [5.74, 6) is 0. The lowest BCUT2D eigenvalue weighted by atomic mass is 10.3. The Morgan fingerprint density at radius 3 is 2.83 bits per heavy atom. The molecular weight excluding hydrogens is 158 g/mol. The van der Waals surface area contributed by atoms with Crippen LogP contribution in [-0.2, 0) is 9.47 Å². The number of rotatable bonds is 3. The molecule has 0 fully saturated rings. The molecule has 0 heterocycles.